The molecular formula is C16H25Cl2N3O3. The second-order valence-electron chi connectivity index (χ2n) is 5.81. The van der Waals surface area contributed by atoms with Gasteiger partial charge in [-0.05, 0) is 37.5 Å². The summed E-state index contributed by atoms with van der Waals surface area (Å²) >= 11 is 0. The maximum atomic E-state index is 11.8. The molecule has 2 rings (SSSR count). The van der Waals surface area contributed by atoms with Crippen molar-refractivity contribution in [2.45, 2.75) is 38.3 Å². The minimum Gasteiger partial charge on any atom is -0.481 e. The van der Waals surface area contributed by atoms with E-state index < -0.39 is 12.0 Å². The molecule has 1 aromatic carbocycles. The van der Waals surface area contributed by atoms with E-state index in [1.807, 2.05) is 6.07 Å². The van der Waals surface area contributed by atoms with Gasteiger partial charge in [0.15, 0.2) is 0 Å². The van der Waals surface area contributed by atoms with E-state index in [9.17, 15) is 9.59 Å². The summed E-state index contributed by atoms with van der Waals surface area (Å²) in [7, 11) is 0. The Labute approximate surface area is 154 Å². The van der Waals surface area contributed by atoms with E-state index in [4.69, 9.17) is 10.8 Å². The Morgan fingerprint density at radius 3 is 2.50 bits per heavy atom. The maximum Gasteiger partial charge on any atom is 0.305 e. The molecule has 1 amide bonds. The Morgan fingerprint density at radius 2 is 1.96 bits per heavy atom. The molecular weight excluding hydrogens is 353 g/mol. The van der Waals surface area contributed by atoms with Crippen molar-refractivity contribution < 1.29 is 14.7 Å². The van der Waals surface area contributed by atoms with Crippen molar-refractivity contribution in [1.29, 1.82) is 0 Å². The van der Waals surface area contributed by atoms with E-state index in [1.165, 1.54) is 11.3 Å². The van der Waals surface area contributed by atoms with Gasteiger partial charge in [-0.25, -0.2) is 0 Å². The van der Waals surface area contributed by atoms with Gasteiger partial charge in [-0.3, -0.25) is 9.59 Å². The van der Waals surface area contributed by atoms with Crippen LogP contribution in [0.25, 0.3) is 0 Å². The number of hydrogen-bond acceptors (Lipinski definition) is 4. The van der Waals surface area contributed by atoms with Crippen molar-refractivity contribution in [3.05, 3.63) is 29.8 Å². The first-order valence-corrected chi connectivity index (χ1v) is 7.55. The van der Waals surface area contributed by atoms with Gasteiger partial charge in [-0.1, -0.05) is 12.1 Å². The number of carboxylic acids is 1. The lowest BCUT2D eigenvalue weighted by atomic mass is 10.0. The number of carbonyl (C=O) groups excluding carboxylic acids is 1. The second-order valence-corrected chi connectivity index (χ2v) is 5.81. The number of nitrogens with one attached hydrogen (secondary N) is 1. The molecule has 1 heterocycles. The summed E-state index contributed by atoms with van der Waals surface area (Å²) in [6, 6.07) is 7.45. The lowest BCUT2D eigenvalue weighted by Gasteiger charge is -2.34. The highest BCUT2D eigenvalue weighted by Crippen LogP contribution is 2.21. The third-order valence-electron chi connectivity index (χ3n) is 3.94. The molecule has 1 fully saturated rings. The minimum atomic E-state index is -1.06. The smallest absolute Gasteiger partial charge is 0.305 e. The number of halogens is 2. The molecule has 0 unspecified atom stereocenters. The number of aliphatic carboxylic acids is 1. The highest BCUT2D eigenvalue weighted by molar-refractivity contribution is 5.86. The zero-order valence-corrected chi connectivity index (χ0v) is 15.2. The Bertz CT molecular complexity index is 549. The fourth-order valence-electron chi connectivity index (χ4n) is 2.70. The summed E-state index contributed by atoms with van der Waals surface area (Å²) in [5, 5.41) is 11.5. The van der Waals surface area contributed by atoms with Crippen LogP contribution in [0.2, 0.25) is 0 Å². The third kappa shape index (κ3) is 6.55. The van der Waals surface area contributed by atoms with Crippen LogP contribution >= 0.6 is 24.8 Å². The summed E-state index contributed by atoms with van der Waals surface area (Å²) in [6.07, 6.45) is 1.33. The zero-order chi connectivity index (χ0) is 16.1. The molecule has 0 aromatic heterocycles. The molecule has 1 aliphatic rings. The van der Waals surface area contributed by atoms with E-state index >= 15 is 0 Å². The number of rotatable bonds is 5. The van der Waals surface area contributed by atoms with Crippen LogP contribution in [-0.2, 0) is 9.59 Å². The Balaban J connectivity index is 0.00000264. The number of carboxylic acid groups (broad SMARTS) is 1. The topological polar surface area (TPSA) is 95.7 Å². The molecule has 0 aliphatic carbocycles. The summed E-state index contributed by atoms with van der Waals surface area (Å²) in [6.45, 7) is 3.80. The van der Waals surface area contributed by atoms with Crippen LogP contribution in [0.1, 0.15) is 24.8 Å². The largest absolute Gasteiger partial charge is 0.481 e. The predicted octanol–water partition coefficient (Wildman–Crippen LogP) is 1.73. The van der Waals surface area contributed by atoms with Gasteiger partial charge in [0.2, 0.25) is 5.91 Å². The number of amides is 1. The van der Waals surface area contributed by atoms with Crippen LogP contribution in [0, 0.1) is 6.92 Å². The third-order valence-corrected chi connectivity index (χ3v) is 3.94. The maximum absolute atomic E-state index is 11.8. The van der Waals surface area contributed by atoms with Crippen LogP contribution in [0.5, 0.6) is 0 Å². The van der Waals surface area contributed by atoms with Crippen molar-refractivity contribution in [2.75, 3.05) is 18.0 Å². The molecule has 1 aliphatic heterocycles. The standard InChI is InChI=1S/C16H23N3O3.2ClH/c1-11-3-2-4-13(9-11)19-7-5-12(6-8-19)18-16(22)14(17)10-15(20)21;;/h2-4,9,12,14H,5-8,10,17H2,1H3,(H,18,22)(H,20,21);2*1H/t14-;;/m0../s1. The van der Waals surface area contributed by atoms with Crippen LogP contribution in [0.15, 0.2) is 24.3 Å². The van der Waals surface area contributed by atoms with Gasteiger partial charge in [0.1, 0.15) is 0 Å². The quantitative estimate of drug-likeness (QED) is 0.725. The van der Waals surface area contributed by atoms with E-state index in [0.29, 0.717) is 0 Å². The average Bonchev–Trinajstić information content (AvgIpc) is 2.47. The van der Waals surface area contributed by atoms with Gasteiger partial charge >= 0.3 is 5.97 Å². The van der Waals surface area contributed by atoms with Gasteiger partial charge in [0.25, 0.3) is 0 Å². The fraction of sp³-hybridized carbons (Fsp3) is 0.500. The van der Waals surface area contributed by atoms with Crippen LogP contribution < -0.4 is 16.0 Å². The number of carbonyl (C=O) groups is 2. The van der Waals surface area contributed by atoms with Crippen LogP contribution in [0.4, 0.5) is 5.69 Å². The van der Waals surface area contributed by atoms with Crippen molar-refractivity contribution in [3.63, 3.8) is 0 Å². The highest BCUT2D eigenvalue weighted by Gasteiger charge is 2.24. The SMILES string of the molecule is Cc1cccc(N2CCC(NC(=O)[C@@H](N)CC(=O)O)CC2)c1.Cl.Cl. The molecule has 0 radical (unpaired) electrons. The molecule has 136 valence electrons. The molecule has 0 spiro atoms. The van der Waals surface area contributed by atoms with Crippen molar-refractivity contribution >= 4 is 42.4 Å². The van der Waals surface area contributed by atoms with Gasteiger partial charge in [-0.15, -0.1) is 24.8 Å². The van der Waals surface area contributed by atoms with Crippen molar-refractivity contribution in [2.24, 2.45) is 5.73 Å². The Morgan fingerprint density at radius 1 is 1.33 bits per heavy atom. The summed E-state index contributed by atoms with van der Waals surface area (Å²) in [4.78, 5) is 24.7. The van der Waals surface area contributed by atoms with Crippen LogP contribution in [-0.4, -0.2) is 42.2 Å². The van der Waals surface area contributed by atoms with E-state index in [0.717, 1.165) is 25.9 Å². The molecule has 1 aromatic rings. The minimum absolute atomic E-state index is 0. The Hall–Kier alpha value is -1.50. The van der Waals surface area contributed by atoms with E-state index in [-0.39, 0.29) is 43.2 Å². The monoisotopic (exact) mass is 377 g/mol. The summed E-state index contributed by atoms with van der Waals surface area (Å²) in [5.41, 5.74) is 8.00. The lowest BCUT2D eigenvalue weighted by molar-refractivity contribution is -0.139. The Kier molecular flexibility index (Phi) is 9.73. The van der Waals surface area contributed by atoms with Crippen molar-refractivity contribution in [3.8, 4) is 0 Å². The molecule has 8 heteroatoms. The highest BCUT2D eigenvalue weighted by atomic mass is 35.5. The molecule has 1 atom stereocenters. The van der Waals surface area contributed by atoms with Gasteiger partial charge in [-0.2, -0.15) is 0 Å². The normalized spacial score (nSPS) is 15.7. The van der Waals surface area contributed by atoms with Gasteiger partial charge in [0.05, 0.1) is 12.5 Å². The first-order chi connectivity index (χ1) is 10.5. The number of hydrogen-bond donors (Lipinski definition) is 3. The van der Waals surface area contributed by atoms with E-state index in [2.05, 4.69) is 35.3 Å². The summed E-state index contributed by atoms with van der Waals surface area (Å²) < 4.78 is 0. The molecule has 0 saturated carbocycles. The van der Waals surface area contributed by atoms with Gasteiger partial charge in [0, 0.05) is 24.8 Å². The fourth-order valence-corrected chi connectivity index (χ4v) is 2.70. The van der Waals surface area contributed by atoms with Gasteiger partial charge < -0.3 is 21.1 Å². The molecule has 24 heavy (non-hydrogen) atoms. The molecule has 4 N–H and O–H groups in total. The zero-order valence-electron chi connectivity index (χ0n) is 13.6. The first kappa shape index (κ1) is 22.5. The summed E-state index contributed by atoms with van der Waals surface area (Å²) in [5.74, 6) is -1.44. The number of benzene rings is 1. The molecule has 1 saturated heterocycles. The second kappa shape index (κ2) is 10.4. The van der Waals surface area contributed by atoms with Crippen molar-refractivity contribution in [1.82, 2.24) is 5.32 Å². The number of piperidine rings is 1. The molecule has 6 nitrogen and oxygen atoms in total. The predicted molar refractivity (Wildman–Crippen MR) is 99.3 cm³/mol. The number of aryl methyl sites for hydroxylation is 1. The number of nitrogens with two attached hydrogens (primary N) is 1. The lowest BCUT2D eigenvalue weighted by Crippen LogP contribution is -2.50. The first-order valence-electron chi connectivity index (χ1n) is 7.55. The number of anilines is 1. The van der Waals surface area contributed by atoms with E-state index in [1.54, 1.807) is 0 Å². The van der Waals surface area contributed by atoms with Crippen LogP contribution in [0.3, 0.4) is 0 Å². The number of nitrogens with zero attached hydrogens (tertiary/aromatic N) is 1. The molecule has 0 bridgehead atoms. The average molecular weight is 378 g/mol.